The Morgan fingerprint density at radius 1 is 1.53 bits per heavy atom. The third-order valence-corrected chi connectivity index (χ3v) is 2.55. The van der Waals surface area contributed by atoms with E-state index >= 15 is 0 Å². The molecule has 0 bridgehead atoms. The third kappa shape index (κ3) is 3.51. The monoisotopic (exact) mass is 225 g/mol. The van der Waals surface area contributed by atoms with Crippen molar-refractivity contribution in [3.05, 3.63) is 29.0 Å². The molecule has 0 aliphatic carbocycles. The summed E-state index contributed by atoms with van der Waals surface area (Å²) in [6.45, 7) is 5.88. The average molecular weight is 226 g/mol. The summed E-state index contributed by atoms with van der Waals surface area (Å²) in [5.74, 6) is 1.03. The van der Waals surface area contributed by atoms with Crippen molar-refractivity contribution in [2.75, 3.05) is 13.6 Å². The first-order valence-electron chi connectivity index (χ1n) is 4.96. The first-order valence-corrected chi connectivity index (χ1v) is 5.34. The number of hydrogen-bond acceptors (Lipinski definition) is 2. The van der Waals surface area contributed by atoms with Gasteiger partial charge in [0, 0.05) is 26.3 Å². The number of hydrogen-bond donors (Lipinski definition) is 0. The smallest absolute Gasteiger partial charge is 0.129 e. The zero-order chi connectivity index (χ0) is 11.3. The summed E-state index contributed by atoms with van der Waals surface area (Å²) in [5, 5.41) is 0.530. The fourth-order valence-corrected chi connectivity index (χ4v) is 1.43. The van der Waals surface area contributed by atoms with Crippen molar-refractivity contribution in [2.45, 2.75) is 20.4 Å². The van der Waals surface area contributed by atoms with E-state index in [-0.39, 0.29) is 0 Å². The van der Waals surface area contributed by atoms with Crippen LogP contribution in [-0.2, 0) is 6.54 Å². The lowest BCUT2D eigenvalue weighted by molar-refractivity contribution is 0.431. The molecule has 0 aromatic carbocycles. The Labute approximate surface area is 95.8 Å². The molecule has 0 aliphatic heterocycles. The van der Waals surface area contributed by atoms with Crippen molar-refractivity contribution < 1.29 is 0 Å². The quantitative estimate of drug-likeness (QED) is 0.450. The van der Waals surface area contributed by atoms with Crippen molar-refractivity contribution in [1.29, 1.82) is 0 Å². The van der Waals surface area contributed by atoms with Crippen LogP contribution in [0.1, 0.15) is 19.4 Å². The van der Waals surface area contributed by atoms with Gasteiger partial charge in [0.1, 0.15) is 5.15 Å². The Bertz CT molecular complexity index is 332. The van der Waals surface area contributed by atoms with Gasteiger partial charge >= 0.3 is 0 Å². The van der Waals surface area contributed by atoms with Crippen LogP contribution in [0.5, 0.6) is 0 Å². The standard InChI is InChI=1S/C11H16ClN3/c1-4-15(9(2)13-3)8-10-5-6-11(12)14-7-10/h5-7H,4,8H2,1-3H3/b13-9+. The number of rotatable bonds is 3. The maximum Gasteiger partial charge on any atom is 0.129 e. The Hall–Kier alpha value is -1.09. The maximum absolute atomic E-state index is 5.72. The Kier molecular flexibility index (Phi) is 4.56. The summed E-state index contributed by atoms with van der Waals surface area (Å²) in [4.78, 5) is 10.4. The van der Waals surface area contributed by atoms with Crippen molar-refractivity contribution in [3.63, 3.8) is 0 Å². The molecule has 1 heterocycles. The molecule has 0 spiro atoms. The van der Waals surface area contributed by atoms with E-state index in [0.717, 1.165) is 24.5 Å². The minimum Gasteiger partial charge on any atom is -0.357 e. The fraction of sp³-hybridized carbons (Fsp3) is 0.455. The van der Waals surface area contributed by atoms with Gasteiger partial charge in [0.2, 0.25) is 0 Å². The third-order valence-electron chi connectivity index (χ3n) is 2.33. The topological polar surface area (TPSA) is 28.5 Å². The summed E-state index contributed by atoms with van der Waals surface area (Å²) in [6, 6.07) is 3.80. The molecule has 15 heavy (non-hydrogen) atoms. The van der Waals surface area contributed by atoms with E-state index in [2.05, 4.69) is 21.8 Å². The van der Waals surface area contributed by atoms with E-state index in [1.165, 1.54) is 0 Å². The minimum absolute atomic E-state index is 0.530. The van der Waals surface area contributed by atoms with E-state index in [0.29, 0.717) is 5.15 Å². The fourth-order valence-electron chi connectivity index (χ4n) is 1.32. The SMILES string of the molecule is CCN(Cc1ccc(Cl)nc1)/C(C)=N/C. The number of aromatic nitrogens is 1. The van der Waals surface area contributed by atoms with Gasteiger partial charge < -0.3 is 4.90 Å². The highest BCUT2D eigenvalue weighted by Gasteiger charge is 2.04. The van der Waals surface area contributed by atoms with Crippen LogP contribution in [0.2, 0.25) is 5.15 Å². The highest BCUT2D eigenvalue weighted by Crippen LogP contribution is 2.08. The van der Waals surface area contributed by atoms with Crippen molar-refractivity contribution >= 4 is 17.4 Å². The van der Waals surface area contributed by atoms with Gasteiger partial charge in [-0.25, -0.2) is 4.98 Å². The summed E-state index contributed by atoms with van der Waals surface area (Å²) in [6.07, 6.45) is 1.80. The van der Waals surface area contributed by atoms with Gasteiger partial charge in [0.15, 0.2) is 0 Å². The maximum atomic E-state index is 5.72. The van der Waals surface area contributed by atoms with E-state index in [1.807, 2.05) is 19.1 Å². The molecule has 1 aromatic rings. The van der Waals surface area contributed by atoms with Gasteiger partial charge in [-0.1, -0.05) is 17.7 Å². The number of nitrogens with zero attached hydrogens (tertiary/aromatic N) is 3. The van der Waals surface area contributed by atoms with E-state index in [4.69, 9.17) is 11.6 Å². The van der Waals surface area contributed by atoms with Crippen LogP contribution in [-0.4, -0.2) is 29.3 Å². The van der Waals surface area contributed by atoms with Crippen molar-refractivity contribution in [2.24, 2.45) is 4.99 Å². The molecule has 0 atom stereocenters. The number of pyridine rings is 1. The van der Waals surface area contributed by atoms with Gasteiger partial charge in [-0.15, -0.1) is 0 Å². The van der Waals surface area contributed by atoms with Gasteiger partial charge in [0.25, 0.3) is 0 Å². The summed E-state index contributed by atoms with van der Waals surface area (Å²) in [7, 11) is 1.80. The van der Waals surface area contributed by atoms with Gasteiger partial charge in [-0.2, -0.15) is 0 Å². The summed E-state index contributed by atoms with van der Waals surface area (Å²) >= 11 is 5.72. The number of aliphatic imine (C=N–C) groups is 1. The first-order chi connectivity index (χ1) is 7.17. The Morgan fingerprint density at radius 3 is 2.73 bits per heavy atom. The van der Waals surface area contributed by atoms with Crippen LogP contribution in [0.3, 0.4) is 0 Å². The van der Waals surface area contributed by atoms with E-state index in [9.17, 15) is 0 Å². The number of halogens is 1. The Balaban J connectivity index is 2.71. The second-order valence-corrected chi connectivity index (χ2v) is 3.66. The second kappa shape index (κ2) is 5.71. The molecular formula is C11H16ClN3. The van der Waals surface area contributed by atoms with Crippen LogP contribution in [0.25, 0.3) is 0 Å². The molecule has 0 radical (unpaired) electrons. The second-order valence-electron chi connectivity index (χ2n) is 3.27. The van der Waals surface area contributed by atoms with Crippen LogP contribution >= 0.6 is 11.6 Å². The lowest BCUT2D eigenvalue weighted by Gasteiger charge is -2.22. The first kappa shape index (κ1) is 12.0. The molecule has 0 fully saturated rings. The zero-order valence-corrected chi connectivity index (χ0v) is 10.1. The highest BCUT2D eigenvalue weighted by atomic mass is 35.5. The molecule has 0 amide bonds. The molecule has 1 aromatic heterocycles. The molecule has 0 unspecified atom stereocenters. The molecule has 0 saturated heterocycles. The molecule has 0 aliphatic rings. The van der Waals surface area contributed by atoms with Gasteiger partial charge in [0.05, 0.1) is 5.84 Å². The lowest BCUT2D eigenvalue weighted by Crippen LogP contribution is -2.28. The predicted molar refractivity (Wildman–Crippen MR) is 64.4 cm³/mol. The van der Waals surface area contributed by atoms with Crippen LogP contribution in [0.15, 0.2) is 23.3 Å². The highest BCUT2D eigenvalue weighted by molar-refractivity contribution is 6.29. The Morgan fingerprint density at radius 2 is 2.27 bits per heavy atom. The lowest BCUT2D eigenvalue weighted by atomic mass is 10.2. The molecule has 0 saturated carbocycles. The number of amidine groups is 1. The van der Waals surface area contributed by atoms with E-state index < -0.39 is 0 Å². The molecule has 82 valence electrons. The molecule has 3 nitrogen and oxygen atoms in total. The molecule has 4 heteroatoms. The zero-order valence-electron chi connectivity index (χ0n) is 9.37. The summed E-state index contributed by atoms with van der Waals surface area (Å²) < 4.78 is 0. The van der Waals surface area contributed by atoms with Crippen LogP contribution < -0.4 is 0 Å². The normalized spacial score (nSPS) is 11.6. The van der Waals surface area contributed by atoms with Crippen LogP contribution in [0.4, 0.5) is 0 Å². The largest absolute Gasteiger partial charge is 0.357 e. The minimum atomic E-state index is 0.530. The summed E-state index contributed by atoms with van der Waals surface area (Å²) in [5.41, 5.74) is 1.14. The molecule has 1 rings (SSSR count). The van der Waals surface area contributed by atoms with Gasteiger partial charge in [-0.3, -0.25) is 4.99 Å². The average Bonchev–Trinajstić information content (AvgIpc) is 2.27. The van der Waals surface area contributed by atoms with E-state index in [1.54, 1.807) is 13.2 Å². The van der Waals surface area contributed by atoms with Crippen LogP contribution in [0, 0.1) is 0 Å². The molecule has 0 N–H and O–H groups in total. The molecular weight excluding hydrogens is 210 g/mol. The van der Waals surface area contributed by atoms with Crippen molar-refractivity contribution in [3.8, 4) is 0 Å². The van der Waals surface area contributed by atoms with Crippen molar-refractivity contribution in [1.82, 2.24) is 9.88 Å². The van der Waals surface area contributed by atoms with Gasteiger partial charge in [-0.05, 0) is 25.5 Å². The predicted octanol–water partition coefficient (Wildman–Crippen LogP) is 2.61.